The SMILES string of the molecule is CCNc1nc(NCCCOCC(C)C)c2[nH]cnc2n1. The van der Waals surface area contributed by atoms with Crippen molar-refractivity contribution in [2.75, 3.05) is 36.9 Å². The molecule has 3 N–H and O–H groups in total. The Bertz CT molecular complexity index is 553. The lowest BCUT2D eigenvalue weighted by Crippen LogP contribution is -2.11. The summed E-state index contributed by atoms with van der Waals surface area (Å²) < 4.78 is 5.56. The van der Waals surface area contributed by atoms with Crippen LogP contribution in [0.1, 0.15) is 27.2 Å². The third-order valence-electron chi connectivity index (χ3n) is 2.83. The van der Waals surface area contributed by atoms with Gasteiger partial charge in [0.05, 0.1) is 6.33 Å². The number of fused-ring (bicyclic) bond motifs is 1. The molecule has 21 heavy (non-hydrogen) atoms. The number of aromatic nitrogens is 4. The summed E-state index contributed by atoms with van der Waals surface area (Å²) in [7, 11) is 0. The Kier molecular flexibility index (Phi) is 5.74. The molecule has 0 aliphatic carbocycles. The van der Waals surface area contributed by atoms with Crippen LogP contribution in [0.25, 0.3) is 11.2 Å². The molecule has 0 spiro atoms. The third kappa shape index (κ3) is 4.56. The van der Waals surface area contributed by atoms with Gasteiger partial charge < -0.3 is 20.4 Å². The summed E-state index contributed by atoms with van der Waals surface area (Å²) in [6, 6.07) is 0. The molecule has 2 aromatic heterocycles. The molecule has 0 saturated heterocycles. The van der Waals surface area contributed by atoms with E-state index in [0.717, 1.165) is 44.1 Å². The number of H-pyrrole nitrogens is 1. The summed E-state index contributed by atoms with van der Waals surface area (Å²) in [6.07, 6.45) is 2.56. The zero-order valence-corrected chi connectivity index (χ0v) is 12.9. The summed E-state index contributed by atoms with van der Waals surface area (Å²) in [4.78, 5) is 16.1. The minimum Gasteiger partial charge on any atom is -0.381 e. The van der Waals surface area contributed by atoms with E-state index in [0.29, 0.717) is 17.5 Å². The molecule has 0 amide bonds. The predicted octanol–water partition coefficient (Wildman–Crippen LogP) is 2.26. The van der Waals surface area contributed by atoms with Crippen molar-refractivity contribution in [3.63, 3.8) is 0 Å². The maximum atomic E-state index is 5.56. The first-order valence-corrected chi connectivity index (χ1v) is 7.47. The van der Waals surface area contributed by atoms with E-state index in [1.807, 2.05) is 6.92 Å². The maximum absolute atomic E-state index is 5.56. The molecule has 0 atom stereocenters. The largest absolute Gasteiger partial charge is 0.381 e. The Hall–Kier alpha value is -1.89. The van der Waals surface area contributed by atoms with Crippen molar-refractivity contribution in [1.29, 1.82) is 0 Å². The van der Waals surface area contributed by atoms with Crippen LogP contribution in [0.4, 0.5) is 11.8 Å². The van der Waals surface area contributed by atoms with Crippen LogP contribution in [0, 0.1) is 5.92 Å². The zero-order chi connectivity index (χ0) is 15.1. The first-order chi connectivity index (χ1) is 10.2. The molecule has 0 radical (unpaired) electrons. The van der Waals surface area contributed by atoms with Gasteiger partial charge in [-0.05, 0) is 19.3 Å². The molecule has 2 heterocycles. The number of aromatic amines is 1. The van der Waals surface area contributed by atoms with Gasteiger partial charge in [-0.1, -0.05) is 13.8 Å². The highest BCUT2D eigenvalue weighted by Gasteiger charge is 2.08. The van der Waals surface area contributed by atoms with Gasteiger partial charge in [0.25, 0.3) is 0 Å². The average Bonchev–Trinajstić information content (AvgIpc) is 2.91. The van der Waals surface area contributed by atoms with Crippen molar-refractivity contribution in [2.45, 2.75) is 27.2 Å². The van der Waals surface area contributed by atoms with Gasteiger partial charge in [-0.25, -0.2) is 4.98 Å². The molecule has 0 aliphatic rings. The lowest BCUT2D eigenvalue weighted by molar-refractivity contribution is 0.110. The fourth-order valence-corrected chi connectivity index (χ4v) is 1.90. The molecule has 0 bridgehead atoms. The van der Waals surface area contributed by atoms with Gasteiger partial charge in [-0.3, -0.25) is 0 Å². The monoisotopic (exact) mass is 292 g/mol. The van der Waals surface area contributed by atoms with E-state index in [1.54, 1.807) is 6.33 Å². The Morgan fingerprint density at radius 2 is 2.14 bits per heavy atom. The molecular formula is C14H24N6O. The van der Waals surface area contributed by atoms with Gasteiger partial charge >= 0.3 is 0 Å². The van der Waals surface area contributed by atoms with Crippen molar-refractivity contribution in [3.05, 3.63) is 6.33 Å². The molecule has 2 aromatic rings. The first-order valence-electron chi connectivity index (χ1n) is 7.47. The first kappa shape index (κ1) is 15.5. The van der Waals surface area contributed by atoms with Crippen molar-refractivity contribution in [3.8, 4) is 0 Å². The summed E-state index contributed by atoms with van der Waals surface area (Å²) in [5.74, 6) is 1.94. The van der Waals surface area contributed by atoms with Gasteiger partial charge in [0.1, 0.15) is 5.52 Å². The number of nitrogens with zero attached hydrogens (tertiary/aromatic N) is 3. The molecule has 0 unspecified atom stereocenters. The summed E-state index contributed by atoms with van der Waals surface area (Å²) in [5, 5.41) is 6.43. The highest BCUT2D eigenvalue weighted by Crippen LogP contribution is 2.18. The van der Waals surface area contributed by atoms with Gasteiger partial charge in [0.15, 0.2) is 11.5 Å². The number of ether oxygens (including phenoxy) is 1. The molecule has 2 rings (SSSR count). The predicted molar refractivity (Wildman–Crippen MR) is 84.6 cm³/mol. The molecule has 7 heteroatoms. The van der Waals surface area contributed by atoms with Crippen LogP contribution in [0.2, 0.25) is 0 Å². The fraction of sp³-hybridized carbons (Fsp3) is 0.643. The average molecular weight is 292 g/mol. The van der Waals surface area contributed by atoms with E-state index < -0.39 is 0 Å². The Labute approximate surface area is 124 Å². The summed E-state index contributed by atoms with van der Waals surface area (Å²) in [6.45, 7) is 9.45. The van der Waals surface area contributed by atoms with E-state index in [9.17, 15) is 0 Å². The smallest absolute Gasteiger partial charge is 0.226 e. The second-order valence-electron chi connectivity index (χ2n) is 5.28. The van der Waals surface area contributed by atoms with Crippen LogP contribution < -0.4 is 10.6 Å². The molecule has 0 saturated carbocycles. The summed E-state index contributed by atoms with van der Waals surface area (Å²) in [5.41, 5.74) is 1.50. The van der Waals surface area contributed by atoms with Crippen LogP contribution in [-0.4, -0.2) is 46.2 Å². The molecule has 116 valence electrons. The quantitative estimate of drug-likeness (QED) is 0.614. The Balaban J connectivity index is 1.89. The number of rotatable bonds is 9. The number of anilines is 2. The zero-order valence-electron chi connectivity index (χ0n) is 12.9. The normalized spacial score (nSPS) is 11.2. The number of nitrogens with one attached hydrogen (secondary N) is 3. The highest BCUT2D eigenvalue weighted by atomic mass is 16.5. The number of hydrogen-bond acceptors (Lipinski definition) is 6. The fourth-order valence-electron chi connectivity index (χ4n) is 1.90. The minimum absolute atomic E-state index is 0.576. The molecule has 7 nitrogen and oxygen atoms in total. The van der Waals surface area contributed by atoms with E-state index in [-0.39, 0.29) is 0 Å². The van der Waals surface area contributed by atoms with E-state index >= 15 is 0 Å². The number of imidazole rings is 1. The number of hydrogen-bond donors (Lipinski definition) is 3. The van der Waals surface area contributed by atoms with Crippen LogP contribution >= 0.6 is 0 Å². The van der Waals surface area contributed by atoms with Gasteiger partial charge in [-0.2, -0.15) is 9.97 Å². The lowest BCUT2D eigenvalue weighted by atomic mass is 10.2. The second-order valence-corrected chi connectivity index (χ2v) is 5.28. The minimum atomic E-state index is 0.576. The van der Waals surface area contributed by atoms with Crippen molar-refractivity contribution in [1.82, 2.24) is 19.9 Å². The van der Waals surface area contributed by atoms with Crippen LogP contribution in [0.5, 0.6) is 0 Å². The van der Waals surface area contributed by atoms with E-state index in [1.165, 1.54) is 0 Å². The van der Waals surface area contributed by atoms with Crippen molar-refractivity contribution < 1.29 is 4.74 Å². The third-order valence-corrected chi connectivity index (χ3v) is 2.83. The van der Waals surface area contributed by atoms with E-state index in [2.05, 4.69) is 44.4 Å². The topological polar surface area (TPSA) is 87.8 Å². The molecule has 0 aromatic carbocycles. The van der Waals surface area contributed by atoms with Crippen molar-refractivity contribution >= 4 is 22.9 Å². The van der Waals surface area contributed by atoms with Gasteiger partial charge in [-0.15, -0.1) is 0 Å². The van der Waals surface area contributed by atoms with Crippen molar-refractivity contribution in [2.24, 2.45) is 5.92 Å². The molecule has 0 fully saturated rings. The van der Waals surface area contributed by atoms with Gasteiger partial charge in [0, 0.05) is 26.3 Å². The highest BCUT2D eigenvalue weighted by molar-refractivity contribution is 5.83. The molecule has 0 aliphatic heterocycles. The Morgan fingerprint density at radius 1 is 1.29 bits per heavy atom. The van der Waals surface area contributed by atoms with Gasteiger partial charge in [0.2, 0.25) is 5.95 Å². The Morgan fingerprint density at radius 3 is 2.90 bits per heavy atom. The van der Waals surface area contributed by atoms with E-state index in [4.69, 9.17) is 4.74 Å². The van der Waals surface area contributed by atoms with Crippen LogP contribution in [0.15, 0.2) is 6.33 Å². The van der Waals surface area contributed by atoms with Crippen LogP contribution in [0.3, 0.4) is 0 Å². The molecular weight excluding hydrogens is 268 g/mol. The second kappa shape index (κ2) is 7.78. The standard InChI is InChI=1S/C14H24N6O/c1-4-15-14-19-12(11-13(20-14)18-9-17-11)16-6-5-7-21-8-10(2)3/h9-10H,4-8H2,1-3H3,(H3,15,16,17,18,19,20). The summed E-state index contributed by atoms with van der Waals surface area (Å²) >= 11 is 0. The lowest BCUT2D eigenvalue weighted by Gasteiger charge is -2.09. The van der Waals surface area contributed by atoms with Crippen LogP contribution in [-0.2, 0) is 4.74 Å². The maximum Gasteiger partial charge on any atom is 0.226 e.